The average molecular weight is 938 g/mol. The fourth-order valence-electron chi connectivity index (χ4n) is 15.4. The number of carbonyl (C=O) groups excluding carboxylic acids is 2. The Bertz CT molecular complexity index is 1900. The molecule has 5 aliphatic carbocycles. The van der Waals surface area contributed by atoms with E-state index in [1.165, 1.54) is 12.5 Å². The molecule has 0 unspecified atom stereocenters. The van der Waals surface area contributed by atoms with E-state index in [0.29, 0.717) is 19.3 Å². The zero-order valence-corrected chi connectivity index (χ0v) is 39.6. The molecule has 1 spiro atoms. The second kappa shape index (κ2) is 16.9. The van der Waals surface area contributed by atoms with Gasteiger partial charge < -0.3 is 79.3 Å². The number of aliphatic hydroxyl groups excluding tert-OH is 8. The van der Waals surface area contributed by atoms with E-state index in [4.69, 9.17) is 33.2 Å². The van der Waals surface area contributed by atoms with Crippen LogP contribution in [0.5, 0.6) is 0 Å². The summed E-state index contributed by atoms with van der Waals surface area (Å²) in [5, 5.41) is 89.8. The summed E-state index contributed by atoms with van der Waals surface area (Å²) in [6, 6.07) is -1.15. The molecule has 23 atom stereocenters. The van der Waals surface area contributed by atoms with Crippen molar-refractivity contribution in [3.63, 3.8) is 0 Å². The highest BCUT2D eigenvalue weighted by atomic mass is 16.8. The molecule has 18 heteroatoms. The SMILES string of the molecule is CC(=O)N[C@H]1[C@H](O[C@H]2CC[C@]3(C)[C@H]4CC=C5[C@@H]6CC(C)(C)[C@@H]7C[C@]6(C(=O)O7)[C@H](O)C[C@@]5(C)[C@]4(C)CC[C@H]3C2(C)C)O[C@H](CO[C@@H]2OC[C@H](O)[C@H](O)[C@H]2O[C@@H]2OC[C@@H](O)[C@H](O)[C@H]2O)[C@@H](O)[C@@H]1O. The third-order valence-electron chi connectivity index (χ3n) is 19.4. The number of carbonyl (C=O) groups is 2. The second-order valence-electron chi connectivity index (χ2n) is 23.6. The standard InChI is InChI=1S/C48H75NO17/c1-21(50)49-32-36(57)35(56)26(20-62-41-38(34(55)25(52)19-61-41)66-40-37(58)33(54)24(51)18-60-40)63-39(32)64-30-12-13-45(6)27(44(30,4)5)11-14-46(7)28(45)10-9-22-23-15-43(2,3)31-17-48(23,42(59)65-31)29(53)16-47(22,46)8/h9,23-41,51-58H,10-20H2,1-8H3,(H,49,50)/t23-,24+,25-,26+,27-,28+,29+,30-,31-,32+,33-,34-,35+,36+,37+,38+,39-,40-,41-,45-,46+,47+,48+/m0/s1. The van der Waals surface area contributed by atoms with Crippen LogP contribution < -0.4 is 5.32 Å². The van der Waals surface area contributed by atoms with Gasteiger partial charge in [-0.05, 0) is 84.4 Å². The minimum atomic E-state index is -1.71. The van der Waals surface area contributed by atoms with Gasteiger partial charge in [-0.25, -0.2) is 0 Å². The zero-order chi connectivity index (χ0) is 47.8. The Hall–Kier alpha value is -1.88. The van der Waals surface area contributed by atoms with Crippen molar-refractivity contribution in [1.82, 2.24) is 5.32 Å². The summed E-state index contributed by atoms with van der Waals surface area (Å²) in [4.78, 5) is 26.3. The predicted molar refractivity (Wildman–Crippen MR) is 229 cm³/mol. The lowest BCUT2D eigenvalue weighted by Gasteiger charge is -2.71. The molecule has 1 amide bonds. The largest absolute Gasteiger partial charge is 0.461 e. The smallest absolute Gasteiger partial charge is 0.315 e. The van der Waals surface area contributed by atoms with Gasteiger partial charge in [0.25, 0.3) is 0 Å². The first kappa shape index (κ1) is 49.1. The van der Waals surface area contributed by atoms with Crippen molar-refractivity contribution in [3.8, 4) is 0 Å². The first-order valence-corrected chi connectivity index (χ1v) is 24.3. The molecule has 4 heterocycles. The Morgan fingerprint density at radius 2 is 1.45 bits per heavy atom. The van der Waals surface area contributed by atoms with E-state index < -0.39 is 115 Å². The maximum Gasteiger partial charge on any atom is 0.315 e. The van der Waals surface area contributed by atoms with E-state index in [9.17, 15) is 50.4 Å². The minimum Gasteiger partial charge on any atom is -0.461 e. The average Bonchev–Trinajstić information content (AvgIpc) is 3.57. The lowest BCUT2D eigenvalue weighted by molar-refractivity contribution is -0.352. The number of fused-ring (bicyclic) bond motifs is 7. The number of aliphatic hydroxyl groups is 8. The van der Waals surface area contributed by atoms with Gasteiger partial charge in [-0.2, -0.15) is 0 Å². The van der Waals surface area contributed by atoms with E-state index in [0.717, 1.165) is 32.1 Å². The van der Waals surface area contributed by atoms with Crippen molar-refractivity contribution < 1.29 is 83.6 Å². The van der Waals surface area contributed by atoms with Crippen LogP contribution in [0.1, 0.15) is 107 Å². The predicted octanol–water partition coefficient (Wildman–Crippen LogP) is 0.550. The Morgan fingerprint density at radius 3 is 2.15 bits per heavy atom. The second-order valence-corrected chi connectivity index (χ2v) is 23.6. The van der Waals surface area contributed by atoms with Gasteiger partial charge in [0.05, 0.1) is 32.0 Å². The van der Waals surface area contributed by atoms with Crippen molar-refractivity contribution in [2.45, 2.75) is 205 Å². The molecule has 9 N–H and O–H groups in total. The number of amides is 1. The van der Waals surface area contributed by atoms with Gasteiger partial charge in [-0.3, -0.25) is 9.59 Å². The van der Waals surface area contributed by atoms with Crippen LogP contribution in [0, 0.1) is 50.2 Å². The highest BCUT2D eigenvalue weighted by Gasteiger charge is 2.74. The third kappa shape index (κ3) is 7.31. The zero-order valence-electron chi connectivity index (χ0n) is 39.6. The molecule has 4 saturated heterocycles. The van der Waals surface area contributed by atoms with Crippen LogP contribution in [0.25, 0.3) is 0 Å². The molecule has 9 rings (SSSR count). The number of esters is 1. The number of allylic oxidation sites excluding steroid dienone is 2. The summed E-state index contributed by atoms with van der Waals surface area (Å²) in [5.74, 6) is -0.317. The van der Waals surface area contributed by atoms with Crippen LogP contribution in [-0.4, -0.2) is 171 Å². The summed E-state index contributed by atoms with van der Waals surface area (Å²) in [6.07, 6.45) is -10.7. The van der Waals surface area contributed by atoms with Gasteiger partial charge in [0.2, 0.25) is 5.91 Å². The van der Waals surface area contributed by atoms with E-state index in [2.05, 4.69) is 59.9 Å². The molecule has 0 aromatic heterocycles. The molecular formula is C48H75NO17. The molecule has 66 heavy (non-hydrogen) atoms. The summed E-state index contributed by atoms with van der Waals surface area (Å²) in [5.41, 5.74) is -0.823. The number of hydrogen-bond donors (Lipinski definition) is 9. The lowest BCUT2D eigenvalue weighted by atomic mass is 9.33. The molecule has 2 bridgehead atoms. The van der Waals surface area contributed by atoms with Crippen molar-refractivity contribution in [2.24, 2.45) is 50.2 Å². The highest BCUT2D eigenvalue weighted by molar-refractivity contribution is 5.82. The quantitative estimate of drug-likeness (QED) is 0.0914. The summed E-state index contributed by atoms with van der Waals surface area (Å²) in [7, 11) is 0. The maximum absolute atomic E-state index is 13.7. The molecule has 4 saturated carbocycles. The van der Waals surface area contributed by atoms with Gasteiger partial charge >= 0.3 is 5.97 Å². The van der Waals surface area contributed by atoms with Gasteiger partial charge in [0.15, 0.2) is 18.9 Å². The van der Waals surface area contributed by atoms with Crippen LogP contribution in [0.2, 0.25) is 0 Å². The third-order valence-corrected chi connectivity index (χ3v) is 19.4. The topological polar surface area (TPSA) is 273 Å². The number of nitrogens with one attached hydrogen (secondary N) is 1. The van der Waals surface area contributed by atoms with E-state index in [-0.39, 0.29) is 64.7 Å². The molecule has 4 aliphatic heterocycles. The van der Waals surface area contributed by atoms with Crippen LogP contribution >= 0.6 is 0 Å². The molecule has 0 aromatic carbocycles. The van der Waals surface area contributed by atoms with Crippen LogP contribution in [0.15, 0.2) is 11.6 Å². The molecule has 18 nitrogen and oxygen atoms in total. The maximum atomic E-state index is 13.7. The van der Waals surface area contributed by atoms with E-state index >= 15 is 0 Å². The van der Waals surface area contributed by atoms with Gasteiger partial charge in [-0.1, -0.05) is 60.1 Å². The van der Waals surface area contributed by atoms with Crippen LogP contribution in [-0.2, 0) is 42.7 Å². The lowest BCUT2D eigenvalue weighted by Crippen LogP contribution is -2.68. The van der Waals surface area contributed by atoms with E-state index in [1.807, 2.05) is 0 Å². The van der Waals surface area contributed by atoms with Gasteiger partial charge in [0, 0.05) is 18.8 Å². The molecule has 0 radical (unpaired) electrons. The number of hydrogen-bond acceptors (Lipinski definition) is 17. The van der Waals surface area contributed by atoms with Crippen LogP contribution in [0.3, 0.4) is 0 Å². The number of ether oxygens (including phenoxy) is 7. The first-order chi connectivity index (χ1) is 30.8. The fourth-order valence-corrected chi connectivity index (χ4v) is 15.4. The van der Waals surface area contributed by atoms with Crippen molar-refractivity contribution >= 4 is 11.9 Å². The summed E-state index contributed by atoms with van der Waals surface area (Å²) in [6.45, 7) is 16.1. The molecule has 9 aliphatic rings. The number of rotatable bonds is 8. The van der Waals surface area contributed by atoms with E-state index in [1.54, 1.807) is 0 Å². The summed E-state index contributed by atoms with van der Waals surface area (Å²) < 4.78 is 42.1. The molecular weight excluding hydrogens is 863 g/mol. The Balaban J connectivity index is 0.925. The van der Waals surface area contributed by atoms with Crippen molar-refractivity contribution in [1.29, 1.82) is 0 Å². The van der Waals surface area contributed by atoms with Gasteiger partial charge in [0.1, 0.15) is 72.5 Å². The normalized spacial score (nSPS) is 53.8. The monoisotopic (exact) mass is 938 g/mol. The van der Waals surface area contributed by atoms with Crippen molar-refractivity contribution in [3.05, 3.63) is 11.6 Å². The molecule has 8 fully saturated rings. The summed E-state index contributed by atoms with van der Waals surface area (Å²) >= 11 is 0. The van der Waals surface area contributed by atoms with Gasteiger partial charge in [-0.15, -0.1) is 0 Å². The Morgan fingerprint density at radius 1 is 0.773 bits per heavy atom. The van der Waals surface area contributed by atoms with Crippen LogP contribution in [0.4, 0.5) is 0 Å². The molecule has 374 valence electrons. The Kier molecular flexibility index (Phi) is 12.6. The first-order valence-electron chi connectivity index (χ1n) is 24.3. The minimum absolute atomic E-state index is 0.0769. The fraction of sp³-hybridized carbons (Fsp3) is 0.917. The molecule has 0 aromatic rings. The van der Waals surface area contributed by atoms with Crippen molar-refractivity contribution in [2.75, 3.05) is 19.8 Å². The highest BCUT2D eigenvalue weighted by Crippen LogP contribution is 2.76. The Labute approximate surface area is 386 Å².